The molecule has 0 heterocycles. The summed E-state index contributed by atoms with van der Waals surface area (Å²) < 4.78 is 13.3. The molecule has 0 aliphatic carbocycles. The summed E-state index contributed by atoms with van der Waals surface area (Å²) in [5.74, 6) is -3.33. The molecule has 1 rings (SSSR count). The second-order valence-corrected chi connectivity index (χ2v) is 3.26. The molecule has 5 heteroatoms. The van der Waals surface area contributed by atoms with E-state index in [4.69, 9.17) is 10.2 Å². The van der Waals surface area contributed by atoms with E-state index in [1.54, 1.807) is 0 Å². The molecule has 15 heavy (non-hydrogen) atoms. The van der Waals surface area contributed by atoms with Gasteiger partial charge in [0.1, 0.15) is 0 Å². The molecule has 0 spiro atoms. The molecular formula is C10H11FO4. The molecule has 4 nitrogen and oxygen atoms in total. The largest absolute Gasteiger partial charge is 0.504 e. The van der Waals surface area contributed by atoms with Gasteiger partial charge in [0.2, 0.25) is 0 Å². The molecule has 0 aliphatic heterocycles. The van der Waals surface area contributed by atoms with Gasteiger partial charge in [0, 0.05) is 6.42 Å². The lowest BCUT2D eigenvalue weighted by Crippen LogP contribution is -2.00. The Morgan fingerprint density at radius 3 is 2.53 bits per heavy atom. The van der Waals surface area contributed by atoms with E-state index in [-0.39, 0.29) is 18.4 Å². The maximum atomic E-state index is 13.3. The van der Waals surface area contributed by atoms with Crippen molar-refractivity contribution in [2.75, 3.05) is 0 Å². The molecule has 0 unspecified atom stereocenters. The van der Waals surface area contributed by atoms with Crippen molar-refractivity contribution in [2.45, 2.75) is 19.8 Å². The molecule has 0 atom stereocenters. The summed E-state index contributed by atoms with van der Waals surface area (Å²) in [6.45, 7) is 1.50. The Morgan fingerprint density at radius 1 is 1.40 bits per heavy atom. The Kier molecular flexibility index (Phi) is 3.14. The standard InChI is InChI=1S/C10H11FO4/c1-5-4-6(2-3-7(12)13)8(11)10(15)9(5)14/h4,14-15H,2-3H2,1H3,(H,12,13). The first-order chi connectivity index (χ1) is 6.93. The van der Waals surface area contributed by atoms with E-state index in [1.807, 2.05) is 0 Å². The average Bonchev–Trinajstić information content (AvgIpc) is 2.18. The van der Waals surface area contributed by atoms with Crippen molar-refractivity contribution >= 4 is 5.97 Å². The van der Waals surface area contributed by atoms with Gasteiger partial charge in [-0.1, -0.05) is 0 Å². The lowest BCUT2D eigenvalue weighted by molar-refractivity contribution is -0.136. The van der Waals surface area contributed by atoms with Gasteiger partial charge in [-0.2, -0.15) is 0 Å². The van der Waals surface area contributed by atoms with Gasteiger partial charge in [0.15, 0.2) is 17.3 Å². The van der Waals surface area contributed by atoms with E-state index in [0.29, 0.717) is 5.56 Å². The van der Waals surface area contributed by atoms with E-state index in [9.17, 15) is 14.3 Å². The molecule has 0 fully saturated rings. The topological polar surface area (TPSA) is 77.8 Å². The number of carboxylic acid groups (broad SMARTS) is 1. The highest BCUT2D eigenvalue weighted by Crippen LogP contribution is 2.33. The molecule has 0 saturated heterocycles. The van der Waals surface area contributed by atoms with Crippen molar-refractivity contribution in [1.82, 2.24) is 0 Å². The summed E-state index contributed by atoms with van der Waals surface area (Å²) in [6, 6.07) is 1.33. The van der Waals surface area contributed by atoms with Crippen LogP contribution in [-0.2, 0) is 11.2 Å². The number of aliphatic carboxylic acids is 1. The number of benzene rings is 1. The van der Waals surface area contributed by atoms with Gasteiger partial charge >= 0.3 is 5.97 Å². The lowest BCUT2D eigenvalue weighted by atomic mass is 10.0. The van der Waals surface area contributed by atoms with Crippen LogP contribution in [0.3, 0.4) is 0 Å². The quantitative estimate of drug-likeness (QED) is 0.667. The minimum Gasteiger partial charge on any atom is -0.504 e. The van der Waals surface area contributed by atoms with Crippen molar-refractivity contribution in [3.8, 4) is 11.5 Å². The van der Waals surface area contributed by atoms with Gasteiger partial charge in [-0.15, -0.1) is 0 Å². The van der Waals surface area contributed by atoms with Gasteiger partial charge in [-0.3, -0.25) is 4.79 Å². The minimum absolute atomic E-state index is 0.0180. The molecular weight excluding hydrogens is 203 g/mol. The number of rotatable bonds is 3. The molecule has 3 N–H and O–H groups in total. The summed E-state index contributed by atoms with van der Waals surface area (Å²) >= 11 is 0. The Hall–Kier alpha value is -1.78. The highest BCUT2D eigenvalue weighted by atomic mass is 19.1. The monoisotopic (exact) mass is 214 g/mol. The average molecular weight is 214 g/mol. The number of hydrogen-bond acceptors (Lipinski definition) is 3. The zero-order valence-corrected chi connectivity index (χ0v) is 8.12. The summed E-state index contributed by atoms with van der Waals surface area (Å²) in [4.78, 5) is 10.3. The van der Waals surface area contributed by atoms with Crippen molar-refractivity contribution < 1.29 is 24.5 Å². The van der Waals surface area contributed by atoms with E-state index in [1.165, 1.54) is 13.0 Å². The van der Waals surface area contributed by atoms with Crippen LogP contribution in [0.5, 0.6) is 11.5 Å². The third kappa shape index (κ3) is 2.37. The zero-order chi connectivity index (χ0) is 11.6. The fourth-order valence-corrected chi connectivity index (χ4v) is 1.26. The third-order valence-corrected chi connectivity index (χ3v) is 2.09. The smallest absolute Gasteiger partial charge is 0.303 e. The summed E-state index contributed by atoms with van der Waals surface area (Å²) in [7, 11) is 0. The van der Waals surface area contributed by atoms with Gasteiger partial charge in [0.05, 0.1) is 0 Å². The number of aromatic hydroxyl groups is 2. The molecule has 0 bridgehead atoms. The van der Waals surface area contributed by atoms with E-state index < -0.39 is 23.3 Å². The lowest BCUT2D eigenvalue weighted by Gasteiger charge is -2.07. The van der Waals surface area contributed by atoms with E-state index in [2.05, 4.69) is 0 Å². The van der Waals surface area contributed by atoms with Crippen LogP contribution in [0, 0.1) is 12.7 Å². The number of phenolic OH excluding ortho intramolecular Hbond substituents is 2. The second-order valence-electron chi connectivity index (χ2n) is 3.26. The molecule has 0 saturated carbocycles. The maximum absolute atomic E-state index is 13.3. The fourth-order valence-electron chi connectivity index (χ4n) is 1.26. The summed E-state index contributed by atoms with van der Waals surface area (Å²) in [6.07, 6.45) is -0.240. The number of aryl methyl sites for hydroxylation is 2. The van der Waals surface area contributed by atoms with Crippen LogP contribution in [0.1, 0.15) is 17.5 Å². The first-order valence-electron chi connectivity index (χ1n) is 4.35. The van der Waals surface area contributed by atoms with Crippen LogP contribution in [0.25, 0.3) is 0 Å². The van der Waals surface area contributed by atoms with Crippen molar-refractivity contribution in [2.24, 2.45) is 0 Å². The van der Waals surface area contributed by atoms with Crippen molar-refractivity contribution in [3.63, 3.8) is 0 Å². The van der Waals surface area contributed by atoms with Crippen LogP contribution in [0.2, 0.25) is 0 Å². The predicted molar refractivity (Wildman–Crippen MR) is 50.4 cm³/mol. The molecule has 82 valence electrons. The Morgan fingerprint density at radius 2 is 2.00 bits per heavy atom. The molecule has 0 aliphatic rings. The zero-order valence-electron chi connectivity index (χ0n) is 8.12. The van der Waals surface area contributed by atoms with Crippen molar-refractivity contribution in [3.05, 3.63) is 23.0 Å². The van der Waals surface area contributed by atoms with E-state index >= 15 is 0 Å². The third-order valence-electron chi connectivity index (χ3n) is 2.09. The Balaban J connectivity index is 3.04. The fraction of sp³-hybridized carbons (Fsp3) is 0.300. The van der Waals surface area contributed by atoms with Crippen LogP contribution >= 0.6 is 0 Å². The molecule has 1 aromatic carbocycles. The highest BCUT2D eigenvalue weighted by Gasteiger charge is 2.15. The molecule has 0 aromatic heterocycles. The van der Waals surface area contributed by atoms with Gasteiger partial charge in [0.25, 0.3) is 0 Å². The van der Waals surface area contributed by atoms with Gasteiger partial charge in [-0.25, -0.2) is 4.39 Å². The van der Waals surface area contributed by atoms with Crippen LogP contribution in [0.15, 0.2) is 6.07 Å². The predicted octanol–water partition coefficient (Wildman–Crippen LogP) is 1.56. The maximum Gasteiger partial charge on any atom is 0.303 e. The van der Waals surface area contributed by atoms with E-state index in [0.717, 1.165) is 0 Å². The number of halogens is 1. The van der Waals surface area contributed by atoms with Gasteiger partial charge in [-0.05, 0) is 30.5 Å². The number of carbonyl (C=O) groups is 1. The Labute approximate surface area is 85.6 Å². The number of hydrogen-bond donors (Lipinski definition) is 3. The summed E-state index contributed by atoms with van der Waals surface area (Å²) in [5, 5.41) is 26.8. The SMILES string of the molecule is Cc1cc(CCC(=O)O)c(F)c(O)c1O. The Bertz CT molecular complexity index is 401. The minimum atomic E-state index is -1.04. The van der Waals surface area contributed by atoms with Crippen molar-refractivity contribution in [1.29, 1.82) is 0 Å². The summed E-state index contributed by atoms with van der Waals surface area (Å²) in [5.41, 5.74) is 0.402. The van der Waals surface area contributed by atoms with Gasteiger partial charge < -0.3 is 15.3 Å². The normalized spacial score (nSPS) is 10.3. The highest BCUT2D eigenvalue weighted by molar-refractivity contribution is 5.67. The molecule has 0 amide bonds. The number of phenols is 2. The molecule has 1 aromatic rings. The first kappa shape index (κ1) is 11.3. The van der Waals surface area contributed by atoms with Crippen LogP contribution in [0.4, 0.5) is 4.39 Å². The van der Waals surface area contributed by atoms with Crippen LogP contribution in [-0.4, -0.2) is 21.3 Å². The number of carboxylic acids is 1. The second kappa shape index (κ2) is 4.16. The molecule has 0 radical (unpaired) electrons. The first-order valence-corrected chi connectivity index (χ1v) is 4.35. The van der Waals surface area contributed by atoms with Crippen LogP contribution < -0.4 is 0 Å².